The van der Waals surface area contributed by atoms with E-state index in [-0.39, 0.29) is 63.6 Å². The molecule has 0 spiro atoms. The molecule has 0 atom stereocenters. The third-order valence-electron chi connectivity index (χ3n) is 0. The second-order valence-electron chi connectivity index (χ2n) is 0. The summed E-state index contributed by atoms with van der Waals surface area (Å²) in [5, 5.41) is 0. The van der Waals surface area contributed by atoms with Crippen molar-refractivity contribution in [3.05, 3.63) is 7.43 Å². The van der Waals surface area contributed by atoms with Gasteiger partial charge in [-0.3, -0.25) is 0 Å². The molecule has 0 aromatic carbocycles. The van der Waals surface area contributed by atoms with Crippen molar-refractivity contribution in [2.45, 2.75) is 0 Å². The SMILES string of the molecule is [CH3-].[Cr].[Mn].[Ti]. The fraction of sp³-hybridized carbons (Fsp3) is 0. The number of rotatable bonds is 0. The van der Waals surface area contributed by atoms with Crippen LogP contribution in [-0.4, -0.2) is 0 Å². The summed E-state index contributed by atoms with van der Waals surface area (Å²) in [5.41, 5.74) is 0. The first kappa shape index (κ1) is 42.0. The zero-order chi connectivity index (χ0) is 0. The van der Waals surface area contributed by atoms with Crippen molar-refractivity contribution >= 4 is 0 Å². The molecule has 0 aliphatic carbocycles. The van der Waals surface area contributed by atoms with Crippen LogP contribution < -0.4 is 0 Å². The van der Waals surface area contributed by atoms with E-state index in [0.717, 1.165) is 0 Å². The quantitative estimate of drug-likeness (QED) is 0.365. The van der Waals surface area contributed by atoms with Crippen LogP contribution in [0.3, 0.4) is 0 Å². The Hall–Kier alpha value is 1.77. The van der Waals surface area contributed by atoms with Crippen molar-refractivity contribution in [2.75, 3.05) is 0 Å². The molecule has 0 N–H and O–H groups in total. The Morgan fingerprint density at radius 2 is 1.00 bits per heavy atom. The van der Waals surface area contributed by atoms with Gasteiger partial charge in [0.2, 0.25) is 0 Å². The van der Waals surface area contributed by atoms with Gasteiger partial charge in [-0.2, -0.15) is 0 Å². The molecule has 25 valence electrons. The first-order valence-electron chi connectivity index (χ1n) is 0. The minimum Gasteiger partial charge on any atom is -0.358 e. The molecule has 0 amide bonds. The minimum atomic E-state index is 0. The van der Waals surface area contributed by atoms with E-state index in [1.54, 1.807) is 0 Å². The predicted molar refractivity (Wildman–Crippen MR) is 6.41 cm³/mol. The fourth-order valence-electron chi connectivity index (χ4n) is 0. The molecule has 0 aromatic rings. The Kier molecular flexibility index (Phi) is 227. The van der Waals surface area contributed by atoms with Crippen LogP contribution in [-0.2, 0) is 56.1 Å². The monoisotopic (exact) mass is 170 g/mol. The van der Waals surface area contributed by atoms with Gasteiger partial charge in [-0.05, 0) is 0 Å². The topological polar surface area (TPSA) is 0 Å². The molecule has 0 bridgehead atoms. The number of hydrogen-bond donors (Lipinski definition) is 0. The van der Waals surface area contributed by atoms with Gasteiger partial charge in [0, 0.05) is 56.1 Å². The molecule has 0 fully saturated rings. The first-order valence-corrected chi connectivity index (χ1v) is 0. The predicted octanol–water partition coefficient (Wildman–Crippen LogP) is 0.443. The molecule has 0 saturated carbocycles. The van der Waals surface area contributed by atoms with Gasteiger partial charge in [0.05, 0.1) is 0 Å². The molecule has 3 heteroatoms. The first-order chi connectivity index (χ1) is 0. The van der Waals surface area contributed by atoms with Gasteiger partial charge >= 0.3 is 0 Å². The molecule has 1 radical (unpaired) electrons. The van der Waals surface area contributed by atoms with Gasteiger partial charge in [-0.1, -0.05) is 0 Å². The van der Waals surface area contributed by atoms with Gasteiger partial charge in [0.15, 0.2) is 0 Å². The van der Waals surface area contributed by atoms with Crippen molar-refractivity contribution in [3.63, 3.8) is 0 Å². The van der Waals surface area contributed by atoms with Crippen LogP contribution >= 0.6 is 0 Å². The van der Waals surface area contributed by atoms with Gasteiger partial charge < -0.3 is 7.43 Å². The van der Waals surface area contributed by atoms with Crippen LogP contribution in [0, 0.1) is 7.43 Å². The van der Waals surface area contributed by atoms with Crippen molar-refractivity contribution in [3.8, 4) is 0 Å². The van der Waals surface area contributed by atoms with Crippen LogP contribution in [0.15, 0.2) is 0 Å². The van der Waals surface area contributed by atoms with E-state index in [2.05, 4.69) is 0 Å². The smallest absolute Gasteiger partial charge is 0 e. The summed E-state index contributed by atoms with van der Waals surface area (Å²) < 4.78 is 0. The summed E-state index contributed by atoms with van der Waals surface area (Å²) >= 11 is 0. The van der Waals surface area contributed by atoms with Crippen molar-refractivity contribution in [1.29, 1.82) is 0 Å². The maximum Gasteiger partial charge on any atom is 0 e. The van der Waals surface area contributed by atoms with Crippen LogP contribution in [0.1, 0.15) is 0 Å². The van der Waals surface area contributed by atoms with E-state index in [9.17, 15) is 0 Å². The third-order valence-corrected chi connectivity index (χ3v) is 0. The molecule has 0 nitrogen and oxygen atoms in total. The zero-order valence-corrected chi connectivity index (χ0v) is 6.30. The minimum absolute atomic E-state index is 0. The van der Waals surface area contributed by atoms with E-state index < -0.39 is 0 Å². The average molecular weight is 170 g/mol. The molecule has 0 heterocycles. The standard InChI is InChI=1S/CH3.Cr.Mn.Ti/h1H3;;;/q-1;;;. The molecule has 0 unspecified atom stereocenters. The molecule has 4 heavy (non-hydrogen) atoms. The summed E-state index contributed by atoms with van der Waals surface area (Å²) in [6.45, 7) is 0. The summed E-state index contributed by atoms with van der Waals surface area (Å²) in [4.78, 5) is 0. The Bertz CT molecular complexity index is 8.00. The third kappa shape index (κ3) is 9.24. The van der Waals surface area contributed by atoms with Crippen molar-refractivity contribution in [1.82, 2.24) is 0 Å². The Morgan fingerprint density at radius 1 is 1.00 bits per heavy atom. The normalized spacial score (nSPS) is 0. The molecular formula is CH3CrMnTi-. The van der Waals surface area contributed by atoms with Crippen LogP contribution in [0.5, 0.6) is 0 Å². The van der Waals surface area contributed by atoms with Crippen LogP contribution in [0.4, 0.5) is 0 Å². The number of hydrogen-bond acceptors (Lipinski definition) is 0. The second-order valence-corrected chi connectivity index (χ2v) is 0. The second kappa shape index (κ2) is 21.7. The van der Waals surface area contributed by atoms with E-state index in [4.69, 9.17) is 0 Å². The maximum absolute atomic E-state index is 0. The largest absolute Gasteiger partial charge is 0.358 e. The molecule has 0 saturated heterocycles. The summed E-state index contributed by atoms with van der Waals surface area (Å²) in [6, 6.07) is 0. The van der Waals surface area contributed by atoms with Gasteiger partial charge in [0.1, 0.15) is 0 Å². The Morgan fingerprint density at radius 3 is 1.00 bits per heavy atom. The molecule has 0 rings (SSSR count). The van der Waals surface area contributed by atoms with Crippen molar-refractivity contribution in [2.24, 2.45) is 0 Å². The van der Waals surface area contributed by atoms with Gasteiger partial charge in [-0.15, -0.1) is 0 Å². The van der Waals surface area contributed by atoms with Gasteiger partial charge in [-0.25, -0.2) is 0 Å². The molecule has 0 aliphatic rings. The van der Waals surface area contributed by atoms with E-state index in [1.165, 1.54) is 0 Å². The average Bonchev–Trinajstić information content (AvgIpc) is 0. The fourth-order valence-corrected chi connectivity index (χ4v) is 0. The van der Waals surface area contributed by atoms with E-state index in [1.807, 2.05) is 0 Å². The molecular weight excluding hydrogens is 167 g/mol. The van der Waals surface area contributed by atoms with E-state index in [0.29, 0.717) is 0 Å². The molecule has 0 aliphatic heterocycles. The molecule has 0 aromatic heterocycles. The summed E-state index contributed by atoms with van der Waals surface area (Å²) in [6.07, 6.45) is 0. The van der Waals surface area contributed by atoms with Gasteiger partial charge in [0.25, 0.3) is 0 Å². The zero-order valence-electron chi connectivity index (χ0n) is 2.29. The summed E-state index contributed by atoms with van der Waals surface area (Å²) in [7, 11) is 0. The Labute approximate surface area is 63.2 Å². The van der Waals surface area contributed by atoms with Crippen molar-refractivity contribution < 1.29 is 56.1 Å². The van der Waals surface area contributed by atoms with Crippen LogP contribution in [0.2, 0.25) is 0 Å². The maximum atomic E-state index is 0. The van der Waals surface area contributed by atoms with E-state index >= 15 is 0 Å². The van der Waals surface area contributed by atoms with Crippen LogP contribution in [0.25, 0.3) is 0 Å². The summed E-state index contributed by atoms with van der Waals surface area (Å²) in [5.74, 6) is 0. The Balaban J connectivity index is 0.